The third kappa shape index (κ3) is 3.53. The molecule has 0 saturated carbocycles. The summed E-state index contributed by atoms with van der Waals surface area (Å²) in [4.78, 5) is 4.29. The molecule has 0 fully saturated rings. The highest BCUT2D eigenvalue weighted by Gasteiger charge is 2.27. The maximum absolute atomic E-state index is 12.5. The number of rotatable bonds is 5. The lowest BCUT2D eigenvalue weighted by Crippen LogP contribution is -2.34. The third-order valence-electron chi connectivity index (χ3n) is 3.43. The summed E-state index contributed by atoms with van der Waals surface area (Å²) >= 11 is 4.72. The molecule has 0 bridgehead atoms. The van der Waals surface area contributed by atoms with Gasteiger partial charge in [-0.1, -0.05) is 35.0 Å². The molecule has 0 aliphatic rings. The molecule has 1 aromatic carbocycles. The van der Waals surface area contributed by atoms with Crippen LogP contribution in [0.1, 0.15) is 20.3 Å². The van der Waals surface area contributed by atoms with Crippen LogP contribution in [-0.2, 0) is 10.0 Å². The van der Waals surface area contributed by atoms with Crippen LogP contribution in [0.3, 0.4) is 0 Å². The maximum atomic E-state index is 12.5. The lowest BCUT2D eigenvalue weighted by atomic mass is 10.2. The molecule has 0 N–H and O–H groups in total. The fourth-order valence-corrected chi connectivity index (χ4v) is 4.51. The topological polar surface area (TPSA) is 50.3 Å². The molecule has 0 aliphatic heterocycles. The molecule has 0 aliphatic carbocycles. The van der Waals surface area contributed by atoms with Gasteiger partial charge in [0, 0.05) is 28.5 Å². The van der Waals surface area contributed by atoms with Crippen molar-refractivity contribution in [2.24, 2.45) is 0 Å². The van der Waals surface area contributed by atoms with Crippen LogP contribution in [0, 0.1) is 0 Å². The molecule has 0 amide bonds. The van der Waals surface area contributed by atoms with Gasteiger partial charge in [0.05, 0.1) is 0 Å². The quantitative estimate of drug-likeness (QED) is 0.777. The Morgan fingerprint density at radius 1 is 1.33 bits per heavy atom. The van der Waals surface area contributed by atoms with Crippen molar-refractivity contribution in [3.63, 3.8) is 0 Å². The van der Waals surface area contributed by atoms with Gasteiger partial charge in [0.2, 0.25) is 0 Å². The average molecular weight is 389 g/mol. The molecule has 2 rings (SSSR count). The number of benzene rings is 1. The highest BCUT2D eigenvalue weighted by molar-refractivity contribution is 9.10. The van der Waals surface area contributed by atoms with Gasteiger partial charge in [0.15, 0.2) is 5.03 Å². The van der Waals surface area contributed by atoms with Gasteiger partial charge < -0.3 is 0 Å². The number of halogens is 1. The second-order valence-electron chi connectivity index (χ2n) is 4.78. The van der Waals surface area contributed by atoms with E-state index in [9.17, 15) is 8.42 Å². The van der Waals surface area contributed by atoms with Crippen LogP contribution in [0.4, 0.5) is 0 Å². The van der Waals surface area contributed by atoms with E-state index in [4.69, 9.17) is 0 Å². The Kier molecular flexibility index (Phi) is 5.19. The van der Waals surface area contributed by atoms with Crippen LogP contribution in [0.25, 0.3) is 10.6 Å². The van der Waals surface area contributed by atoms with E-state index < -0.39 is 10.0 Å². The van der Waals surface area contributed by atoms with Crippen LogP contribution in [0.15, 0.2) is 39.1 Å². The van der Waals surface area contributed by atoms with Gasteiger partial charge in [-0.25, -0.2) is 13.4 Å². The summed E-state index contributed by atoms with van der Waals surface area (Å²) in [6.45, 7) is 3.85. The van der Waals surface area contributed by atoms with Crippen molar-refractivity contribution in [1.29, 1.82) is 0 Å². The molecule has 2 aromatic rings. The highest BCUT2D eigenvalue weighted by atomic mass is 79.9. The zero-order valence-electron chi connectivity index (χ0n) is 12.1. The second-order valence-corrected chi connectivity index (χ2v) is 8.49. The molecule has 1 unspecified atom stereocenters. The molecule has 4 nitrogen and oxygen atoms in total. The molecule has 7 heteroatoms. The minimum absolute atomic E-state index is 0.0483. The molecule has 1 atom stereocenters. The zero-order valence-corrected chi connectivity index (χ0v) is 15.3. The largest absolute Gasteiger partial charge is 0.261 e. The fourth-order valence-electron chi connectivity index (χ4n) is 1.74. The number of sulfonamides is 1. The monoisotopic (exact) mass is 388 g/mol. The first-order chi connectivity index (χ1) is 9.86. The third-order valence-corrected chi connectivity index (χ3v) is 6.85. The first kappa shape index (κ1) is 16.6. The molecule has 21 heavy (non-hydrogen) atoms. The summed E-state index contributed by atoms with van der Waals surface area (Å²) in [7, 11) is -1.92. The van der Waals surface area contributed by atoms with Crippen molar-refractivity contribution in [3.05, 3.63) is 34.1 Å². The number of thiazole rings is 1. The Hall–Kier alpha value is -0.760. The van der Waals surface area contributed by atoms with Crippen LogP contribution < -0.4 is 0 Å². The van der Waals surface area contributed by atoms with Gasteiger partial charge in [0.1, 0.15) is 5.01 Å². The molecule has 0 radical (unpaired) electrons. The van der Waals surface area contributed by atoms with Crippen molar-refractivity contribution >= 4 is 37.3 Å². The van der Waals surface area contributed by atoms with Gasteiger partial charge in [-0.2, -0.15) is 4.31 Å². The average Bonchev–Trinajstić information content (AvgIpc) is 2.97. The molecule has 1 aromatic heterocycles. The van der Waals surface area contributed by atoms with E-state index in [1.807, 2.05) is 38.1 Å². The van der Waals surface area contributed by atoms with Crippen LogP contribution in [0.2, 0.25) is 0 Å². The van der Waals surface area contributed by atoms with Gasteiger partial charge in [-0.15, -0.1) is 11.3 Å². The predicted molar refractivity (Wildman–Crippen MR) is 90.0 cm³/mol. The van der Waals surface area contributed by atoms with Crippen molar-refractivity contribution in [3.8, 4) is 10.6 Å². The molecule has 114 valence electrons. The van der Waals surface area contributed by atoms with Gasteiger partial charge >= 0.3 is 0 Å². The SMILES string of the molecule is CCC(C)N(C)S(=O)(=O)c1csc(-c2ccc(Br)cc2)n1. The lowest BCUT2D eigenvalue weighted by Gasteiger charge is -2.21. The van der Waals surface area contributed by atoms with E-state index in [0.717, 1.165) is 16.5 Å². The molecule has 0 spiro atoms. The van der Waals surface area contributed by atoms with E-state index in [2.05, 4.69) is 20.9 Å². The Bertz CT molecular complexity index is 711. The molecule has 0 saturated heterocycles. The van der Waals surface area contributed by atoms with E-state index >= 15 is 0 Å². The van der Waals surface area contributed by atoms with Crippen molar-refractivity contribution in [2.45, 2.75) is 31.3 Å². The zero-order chi connectivity index (χ0) is 15.6. The predicted octanol–water partition coefficient (Wildman–Crippen LogP) is 3.99. The second kappa shape index (κ2) is 6.56. The Labute approximate surface area is 138 Å². The number of hydrogen-bond acceptors (Lipinski definition) is 4. The van der Waals surface area contributed by atoms with Crippen LogP contribution in [0.5, 0.6) is 0 Å². The maximum Gasteiger partial charge on any atom is 0.261 e. The first-order valence-electron chi connectivity index (χ1n) is 6.55. The Morgan fingerprint density at radius 2 is 1.95 bits per heavy atom. The van der Waals surface area contributed by atoms with Gasteiger partial charge in [-0.3, -0.25) is 0 Å². The van der Waals surface area contributed by atoms with Gasteiger partial charge in [-0.05, 0) is 25.5 Å². The van der Waals surface area contributed by atoms with Gasteiger partial charge in [0.25, 0.3) is 10.0 Å². The smallest absolute Gasteiger partial charge is 0.223 e. The van der Waals surface area contributed by atoms with Crippen molar-refractivity contribution < 1.29 is 8.42 Å². The number of nitrogens with zero attached hydrogens (tertiary/aromatic N) is 2. The normalized spacial score (nSPS) is 13.6. The summed E-state index contributed by atoms with van der Waals surface area (Å²) in [5.74, 6) is 0. The molecule has 1 heterocycles. The summed E-state index contributed by atoms with van der Waals surface area (Å²) in [5.41, 5.74) is 0.913. The van der Waals surface area contributed by atoms with Crippen molar-refractivity contribution in [1.82, 2.24) is 9.29 Å². The lowest BCUT2D eigenvalue weighted by molar-refractivity contribution is 0.379. The van der Waals surface area contributed by atoms with E-state index in [1.54, 1.807) is 12.4 Å². The van der Waals surface area contributed by atoms with E-state index in [1.165, 1.54) is 15.6 Å². The standard InChI is InChI=1S/C14H17BrN2O2S2/c1-4-10(2)17(3)21(18,19)13-9-20-14(16-13)11-5-7-12(15)8-6-11/h5-10H,4H2,1-3H3. The summed E-state index contributed by atoms with van der Waals surface area (Å²) < 4.78 is 27.3. The van der Waals surface area contributed by atoms with Crippen molar-refractivity contribution in [2.75, 3.05) is 7.05 Å². The Morgan fingerprint density at radius 3 is 2.52 bits per heavy atom. The van der Waals surface area contributed by atoms with Crippen LogP contribution >= 0.6 is 27.3 Å². The minimum Gasteiger partial charge on any atom is -0.223 e. The number of aromatic nitrogens is 1. The fraction of sp³-hybridized carbons (Fsp3) is 0.357. The molecular formula is C14H17BrN2O2S2. The summed E-state index contributed by atoms with van der Waals surface area (Å²) in [6, 6.07) is 7.61. The summed E-state index contributed by atoms with van der Waals surface area (Å²) in [6.07, 6.45) is 0.763. The number of hydrogen-bond donors (Lipinski definition) is 0. The highest BCUT2D eigenvalue weighted by Crippen LogP contribution is 2.28. The minimum atomic E-state index is -3.52. The Balaban J connectivity index is 2.33. The van der Waals surface area contributed by atoms with E-state index in [0.29, 0.717) is 5.01 Å². The van der Waals surface area contributed by atoms with E-state index in [-0.39, 0.29) is 11.1 Å². The first-order valence-corrected chi connectivity index (χ1v) is 9.67. The van der Waals surface area contributed by atoms with Crippen LogP contribution in [-0.4, -0.2) is 30.8 Å². The summed E-state index contributed by atoms with van der Waals surface area (Å²) in [5, 5.41) is 2.43. The molecular weight excluding hydrogens is 372 g/mol.